The highest BCUT2D eigenvalue weighted by atomic mass is 16.5. The number of nitrogens with zero attached hydrogens (tertiary/aromatic N) is 1. The van der Waals surface area contributed by atoms with Gasteiger partial charge in [-0.2, -0.15) is 5.26 Å². The summed E-state index contributed by atoms with van der Waals surface area (Å²) in [4.78, 5) is 12.1. The number of methoxy groups -OCH3 is 1. The third kappa shape index (κ3) is 5.02. The van der Waals surface area contributed by atoms with Crippen LogP contribution in [0.2, 0.25) is 0 Å². The van der Waals surface area contributed by atoms with Gasteiger partial charge in [0.05, 0.1) is 18.7 Å². The van der Waals surface area contributed by atoms with E-state index in [1.807, 2.05) is 36.4 Å². The van der Waals surface area contributed by atoms with Crippen LogP contribution in [-0.2, 0) is 4.79 Å². The maximum absolute atomic E-state index is 12.1. The lowest BCUT2D eigenvalue weighted by Crippen LogP contribution is -2.20. The van der Waals surface area contributed by atoms with E-state index in [1.54, 1.807) is 43.5 Å². The lowest BCUT2D eigenvalue weighted by atomic mass is 10.2. The van der Waals surface area contributed by atoms with Crippen LogP contribution in [0.5, 0.6) is 11.5 Å². The zero-order valence-electron chi connectivity index (χ0n) is 15.3. The number of anilines is 3. The Kier molecular flexibility index (Phi) is 6.11. The van der Waals surface area contributed by atoms with Crippen LogP contribution in [-0.4, -0.2) is 19.6 Å². The number of carbonyl (C=O) groups excluding carboxylic acids is 1. The molecule has 1 amide bonds. The van der Waals surface area contributed by atoms with E-state index in [0.717, 1.165) is 11.4 Å². The number of carbonyl (C=O) groups is 1. The van der Waals surface area contributed by atoms with Crippen molar-refractivity contribution in [2.24, 2.45) is 0 Å². The first kappa shape index (κ1) is 18.8. The smallest absolute Gasteiger partial charge is 0.262 e. The number of hydrogen-bond donors (Lipinski definition) is 2. The van der Waals surface area contributed by atoms with Crippen molar-refractivity contribution in [1.82, 2.24) is 0 Å². The van der Waals surface area contributed by atoms with Crippen molar-refractivity contribution in [1.29, 1.82) is 5.26 Å². The Labute approximate surface area is 163 Å². The van der Waals surface area contributed by atoms with Gasteiger partial charge < -0.3 is 20.1 Å². The van der Waals surface area contributed by atoms with Gasteiger partial charge in [-0.15, -0.1) is 0 Å². The molecule has 0 aliphatic carbocycles. The molecule has 3 aromatic carbocycles. The van der Waals surface area contributed by atoms with Crippen molar-refractivity contribution in [3.8, 4) is 17.6 Å². The van der Waals surface area contributed by atoms with Gasteiger partial charge in [0.15, 0.2) is 18.1 Å². The topological polar surface area (TPSA) is 83.4 Å². The molecule has 0 heterocycles. The van der Waals surface area contributed by atoms with E-state index in [2.05, 4.69) is 16.7 Å². The minimum atomic E-state index is -0.265. The van der Waals surface area contributed by atoms with Crippen LogP contribution in [0.15, 0.2) is 72.8 Å². The van der Waals surface area contributed by atoms with Gasteiger partial charge in [-0.3, -0.25) is 4.79 Å². The third-order valence-electron chi connectivity index (χ3n) is 3.90. The number of rotatable bonds is 7. The molecule has 140 valence electrons. The highest BCUT2D eigenvalue weighted by Crippen LogP contribution is 2.25. The van der Waals surface area contributed by atoms with E-state index >= 15 is 0 Å². The Hall–Kier alpha value is -3.98. The largest absolute Gasteiger partial charge is 0.493 e. The summed E-state index contributed by atoms with van der Waals surface area (Å²) in [6.45, 7) is -0.119. The summed E-state index contributed by atoms with van der Waals surface area (Å²) in [6, 6.07) is 23.7. The van der Waals surface area contributed by atoms with Crippen molar-refractivity contribution < 1.29 is 14.3 Å². The Bertz CT molecular complexity index is 977. The molecule has 0 aromatic heterocycles. The van der Waals surface area contributed by atoms with E-state index in [9.17, 15) is 4.79 Å². The molecule has 0 bridgehead atoms. The van der Waals surface area contributed by atoms with Gasteiger partial charge in [-0.05, 0) is 60.7 Å². The Morgan fingerprint density at radius 1 is 0.893 bits per heavy atom. The van der Waals surface area contributed by atoms with Crippen molar-refractivity contribution >= 4 is 23.0 Å². The first-order valence-electron chi connectivity index (χ1n) is 8.61. The van der Waals surface area contributed by atoms with Crippen molar-refractivity contribution in [2.45, 2.75) is 0 Å². The van der Waals surface area contributed by atoms with Gasteiger partial charge in [0.25, 0.3) is 5.91 Å². The molecule has 0 aliphatic rings. The van der Waals surface area contributed by atoms with Gasteiger partial charge in [0.2, 0.25) is 0 Å². The molecule has 0 fully saturated rings. The molecular weight excluding hydrogens is 354 g/mol. The summed E-state index contributed by atoms with van der Waals surface area (Å²) in [7, 11) is 1.55. The van der Waals surface area contributed by atoms with Crippen LogP contribution in [0, 0.1) is 11.3 Å². The van der Waals surface area contributed by atoms with E-state index in [0.29, 0.717) is 22.7 Å². The van der Waals surface area contributed by atoms with Gasteiger partial charge in [0, 0.05) is 17.1 Å². The minimum Gasteiger partial charge on any atom is -0.493 e. The lowest BCUT2D eigenvalue weighted by Gasteiger charge is -2.11. The molecule has 0 aliphatic heterocycles. The second kappa shape index (κ2) is 9.10. The molecule has 0 spiro atoms. The predicted octanol–water partition coefficient (Wildman–Crippen LogP) is 4.33. The number of ether oxygens (including phenoxy) is 2. The molecule has 0 radical (unpaired) electrons. The second-order valence-corrected chi connectivity index (χ2v) is 5.88. The molecule has 0 unspecified atom stereocenters. The van der Waals surface area contributed by atoms with E-state index in [-0.39, 0.29) is 12.5 Å². The average molecular weight is 373 g/mol. The molecule has 6 heteroatoms. The van der Waals surface area contributed by atoms with Gasteiger partial charge >= 0.3 is 0 Å². The number of nitrogens with one attached hydrogen (secondary N) is 2. The molecule has 6 nitrogen and oxygen atoms in total. The predicted molar refractivity (Wildman–Crippen MR) is 108 cm³/mol. The fraction of sp³-hybridized carbons (Fsp3) is 0.0909. The summed E-state index contributed by atoms with van der Waals surface area (Å²) >= 11 is 0. The van der Waals surface area contributed by atoms with Crippen LogP contribution >= 0.6 is 0 Å². The van der Waals surface area contributed by atoms with Crippen LogP contribution in [0.4, 0.5) is 17.1 Å². The first-order chi connectivity index (χ1) is 13.7. The molecule has 0 atom stereocenters. The summed E-state index contributed by atoms with van der Waals surface area (Å²) in [5, 5.41) is 14.9. The molecule has 3 aromatic rings. The maximum atomic E-state index is 12.1. The normalized spacial score (nSPS) is 9.86. The lowest BCUT2D eigenvalue weighted by molar-refractivity contribution is -0.118. The minimum absolute atomic E-state index is 0.119. The average Bonchev–Trinajstić information content (AvgIpc) is 2.74. The zero-order chi connectivity index (χ0) is 19.8. The number of nitriles is 1. The van der Waals surface area contributed by atoms with Gasteiger partial charge in [0.1, 0.15) is 0 Å². The molecule has 3 rings (SSSR count). The van der Waals surface area contributed by atoms with E-state index < -0.39 is 0 Å². The monoisotopic (exact) mass is 373 g/mol. The highest BCUT2D eigenvalue weighted by molar-refractivity contribution is 5.92. The molecule has 0 saturated heterocycles. The van der Waals surface area contributed by atoms with Crippen LogP contribution < -0.4 is 20.1 Å². The first-order valence-corrected chi connectivity index (χ1v) is 8.61. The summed E-state index contributed by atoms with van der Waals surface area (Å²) < 4.78 is 10.7. The van der Waals surface area contributed by atoms with Crippen molar-refractivity contribution in [2.75, 3.05) is 24.4 Å². The molecular formula is C22H19N3O3. The van der Waals surface area contributed by atoms with Crippen LogP contribution in [0.1, 0.15) is 5.56 Å². The molecule has 28 heavy (non-hydrogen) atoms. The number of hydrogen-bond acceptors (Lipinski definition) is 5. The van der Waals surface area contributed by atoms with Crippen molar-refractivity contribution in [3.63, 3.8) is 0 Å². The van der Waals surface area contributed by atoms with Crippen LogP contribution in [0.3, 0.4) is 0 Å². The Morgan fingerprint density at radius 3 is 2.07 bits per heavy atom. The number of amides is 1. The quantitative estimate of drug-likeness (QED) is 0.644. The molecule has 2 N–H and O–H groups in total. The third-order valence-corrected chi connectivity index (χ3v) is 3.90. The fourth-order valence-electron chi connectivity index (χ4n) is 2.51. The summed E-state index contributed by atoms with van der Waals surface area (Å²) in [6.07, 6.45) is 0. The number of para-hydroxylation sites is 2. The standard InChI is InChI=1S/C22H19N3O3/c1-27-20-4-2-3-5-21(20)28-15-22(26)25-19-12-10-18(11-13-19)24-17-8-6-16(14-23)7-9-17/h2-13,24H,15H2,1H3,(H,25,26). The summed E-state index contributed by atoms with van der Waals surface area (Å²) in [5.74, 6) is 0.828. The SMILES string of the molecule is COc1ccccc1OCC(=O)Nc1ccc(Nc2ccc(C#N)cc2)cc1. The zero-order valence-corrected chi connectivity index (χ0v) is 15.3. The van der Waals surface area contributed by atoms with Gasteiger partial charge in [-0.1, -0.05) is 12.1 Å². The van der Waals surface area contributed by atoms with E-state index in [4.69, 9.17) is 14.7 Å². The second-order valence-electron chi connectivity index (χ2n) is 5.88. The van der Waals surface area contributed by atoms with E-state index in [1.165, 1.54) is 0 Å². The van der Waals surface area contributed by atoms with Crippen molar-refractivity contribution in [3.05, 3.63) is 78.4 Å². The fourth-order valence-corrected chi connectivity index (χ4v) is 2.51. The van der Waals surface area contributed by atoms with Gasteiger partial charge in [-0.25, -0.2) is 0 Å². The van der Waals surface area contributed by atoms with Crippen LogP contribution in [0.25, 0.3) is 0 Å². The maximum Gasteiger partial charge on any atom is 0.262 e. The number of benzene rings is 3. The Balaban J connectivity index is 1.53. The highest BCUT2D eigenvalue weighted by Gasteiger charge is 2.07. The Morgan fingerprint density at radius 2 is 1.46 bits per heavy atom. The molecule has 0 saturated carbocycles. The summed E-state index contributed by atoms with van der Waals surface area (Å²) in [5.41, 5.74) is 3.02.